The molecular weight excluding hydrogens is 384 g/mol. The van der Waals surface area contributed by atoms with Crippen LogP contribution in [0.1, 0.15) is 44.3 Å². The number of nitrogens with zero attached hydrogens (tertiary/aromatic N) is 5. The molecule has 4 fully saturated rings. The first-order valence-electron chi connectivity index (χ1n) is 11.4. The van der Waals surface area contributed by atoms with E-state index in [0.29, 0.717) is 38.6 Å². The van der Waals surface area contributed by atoms with Crippen LogP contribution >= 0.6 is 0 Å². The Bertz CT molecular complexity index is 791. The lowest BCUT2D eigenvalue weighted by molar-refractivity contribution is -0.167. The second-order valence-electron chi connectivity index (χ2n) is 9.14. The smallest absolute Gasteiger partial charge is 0.245 e. The van der Waals surface area contributed by atoms with Crippen LogP contribution in [0.5, 0.6) is 0 Å². The van der Waals surface area contributed by atoms with Gasteiger partial charge in [0, 0.05) is 51.0 Å². The molecule has 0 radical (unpaired) electrons. The minimum atomic E-state index is -0.333. The number of likely N-dealkylation sites (tertiary alicyclic amines) is 1. The number of hydrogen-bond acceptors (Lipinski definition) is 6. The van der Waals surface area contributed by atoms with Crippen LogP contribution in [0.25, 0.3) is 0 Å². The van der Waals surface area contributed by atoms with Crippen LogP contribution in [-0.4, -0.2) is 93.2 Å². The zero-order chi connectivity index (χ0) is 20.7. The molecule has 4 aliphatic rings. The van der Waals surface area contributed by atoms with E-state index in [9.17, 15) is 9.59 Å². The molecule has 30 heavy (non-hydrogen) atoms. The molecule has 5 rings (SSSR count). The maximum atomic E-state index is 13.6. The zero-order valence-electron chi connectivity index (χ0n) is 17.8. The van der Waals surface area contributed by atoms with E-state index in [2.05, 4.69) is 27.0 Å². The predicted molar refractivity (Wildman–Crippen MR) is 108 cm³/mol. The van der Waals surface area contributed by atoms with Gasteiger partial charge in [0.2, 0.25) is 11.8 Å². The van der Waals surface area contributed by atoms with Crippen LogP contribution in [0.15, 0.2) is 0 Å². The number of carbonyl (C=O) groups is 2. The van der Waals surface area contributed by atoms with Crippen molar-refractivity contribution < 1.29 is 14.3 Å². The van der Waals surface area contributed by atoms with Crippen LogP contribution in [0.4, 0.5) is 0 Å². The molecule has 9 heteroatoms. The van der Waals surface area contributed by atoms with Gasteiger partial charge in [0.25, 0.3) is 0 Å². The number of aryl methyl sites for hydroxylation is 1. The third kappa shape index (κ3) is 3.62. The monoisotopic (exact) mass is 416 g/mol. The van der Waals surface area contributed by atoms with Crippen molar-refractivity contribution in [2.45, 2.75) is 57.7 Å². The highest BCUT2D eigenvalue weighted by molar-refractivity contribution is 5.89. The normalized spacial score (nSPS) is 32.2. The molecule has 1 N–H and O–H groups in total. The summed E-state index contributed by atoms with van der Waals surface area (Å²) in [5.41, 5.74) is 0. The number of rotatable bonds is 4. The fraction of sp³-hybridized carbons (Fsp3) is 0.810. The highest BCUT2D eigenvalue weighted by Gasteiger charge is 2.52. The number of piperidine rings is 3. The van der Waals surface area contributed by atoms with Gasteiger partial charge in [-0.05, 0) is 25.2 Å². The summed E-state index contributed by atoms with van der Waals surface area (Å²) in [6.45, 7) is 6.95. The summed E-state index contributed by atoms with van der Waals surface area (Å²) in [4.78, 5) is 37.5. The van der Waals surface area contributed by atoms with Gasteiger partial charge in [-0.3, -0.25) is 19.6 Å². The molecule has 164 valence electrons. The molecule has 4 atom stereocenters. The Balaban J connectivity index is 1.39. The van der Waals surface area contributed by atoms with E-state index >= 15 is 0 Å². The summed E-state index contributed by atoms with van der Waals surface area (Å²) in [6.07, 6.45) is 4.36. The van der Waals surface area contributed by atoms with E-state index in [0.717, 1.165) is 57.0 Å². The average molecular weight is 417 g/mol. The van der Waals surface area contributed by atoms with Gasteiger partial charge in [-0.2, -0.15) is 5.10 Å². The fourth-order valence-electron chi connectivity index (χ4n) is 5.95. The molecule has 5 heterocycles. The van der Waals surface area contributed by atoms with Crippen molar-refractivity contribution in [3.63, 3.8) is 0 Å². The number of carbonyl (C=O) groups excluding carboxylic acids is 2. The van der Waals surface area contributed by atoms with E-state index in [1.54, 1.807) is 0 Å². The van der Waals surface area contributed by atoms with E-state index < -0.39 is 0 Å². The van der Waals surface area contributed by atoms with Crippen LogP contribution in [0.3, 0.4) is 0 Å². The van der Waals surface area contributed by atoms with Crippen molar-refractivity contribution in [3.8, 4) is 0 Å². The van der Waals surface area contributed by atoms with Crippen molar-refractivity contribution in [1.82, 2.24) is 29.9 Å². The van der Waals surface area contributed by atoms with Crippen LogP contribution in [0, 0.1) is 11.8 Å². The quantitative estimate of drug-likeness (QED) is 0.765. The summed E-state index contributed by atoms with van der Waals surface area (Å²) >= 11 is 0. The maximum Gasteiger partial charge on any atom is 0.245 e. The van der Waals surface area contributed by atoms with Gasteiger partial charge in [-0.25, -0.2) is 4.98 Å². The van der Waals surface area contributed by atoms with Gasteiger partial charge in [0.1, 0.15) is 17.7 Å². The van der Waals surface area contributed by atoms with Gasteiger partial charge < -0.3 is 14.5 Å². The Morgan fingerprint density at radius 2 is 2.03 bits per heavy atom. The van der Waals surface area contributed by atoms with Crippen LogP contribution < -0.4 is 0 Å². The third-order valence-electron chi connectivity index (χ3n) is 7.26. The summed E-state index contributed by atoms with van der Waals surface area (Å²) < 4.78 is 5.44. The molecular formula is C21H32N6O3. The van der Waals surface area contributed by atoms with Crippen molar-refractivity contribution in [1.29, 1.82) is 0 Å². The number of amides is 2. The fourth-order valence-corrected chi connectivity index (χ4v) is 5.95. The first-order chi connectivity index (χ1) is 14.6. The summed E-state index contributed by atoms with van der Waals surface area (Å²) in [5.74, 6) is 2.62. The Labute approximate surface area is 177 Å². The van der Waals surface area contributed by atoms with Gasteiger partial charge in [-0.15, -0.1) is 0 Å². The van der Waals surface area contributed by atoms with Crippen molar-refractivity contribution in [3.05, 3.63) is 11.6 Å². The van der Waals surface area contributed by atoms with Crippen molar-refractivity contribution in [2.24, 2.45) is 11.8 Å². The largest absolute Gasteiger partial charge is 0.378 e. The maximum absolute atomic E-state index is 13.6. The molecule has 4 saturated heterocycles. The second kappa shape index (κ2) is 8.26. The lowest BCUT2D eigenvalue weighted by atomic mass is 9.71. The van der Waals surface area contributed by atoms with Gasteiger partial charge in [0.15, 0.2) is 0 Å². The summed E-state index contributed by atoms with van der Waals surface area (Å²) in [5, 5.41) is 7.33. The third-order valence-corrected chi connectivity index (χ3v) is 7.26. The first-order valence-corrected chi connectivity index (χ1v) is 11.4. The predicted octanol–water partition coefficient (Wildman–Crippen LogP) is 0.427. The molecule has 0 aromatic carbocycles. The Morgan fingerprint density at radius 1 is 1.23 bits per heavy atom. The number of hydrogen-bond donors (Lipinski definition) is 1. The number of aromatic amines is 1. The van der Waals surface area contributed by atoms with E-state index in [1.807, 2.05) is 9.80 Å². The molecule has 1 aromatic rings. The number of H-pyrrole nitrogens is 1. The van der Waals surface area contributed by atoms with E-state index in [4.69, 9.17) is 4.74 Å². The second-order valence-corrected chi connectivity index (χ2v) is 9.14. The van der Waals surface area contributed by atoms with Crippen molar-refractivity contribution in [2.75, 3.05) is 39.4 Å². The minimum Gasteiger partial charge on any atom is -0.378 e. The highest BCUT2D eigenvalue weighted by Crippen LogP contribution is 2.42. The summed E-state index contributed by atoms with van der Waals surface area (Å²) in [6, 6.07) is -0.151. The Morgan fingerprint density at radius 3 is 2.80 bits per heavy atom. The molecule has 0 saturated carbocycles. The minimum absolute atomic E-state index is 0.122. The van der Waals surface area contributed by atoms with Crippen LogP contribution in [-0.2, 0) is 27.3 Å². The molecule has 0 unspecified atom stereocenters. The lowest BCUT2D eigenvalue weighted by Crippen LogP contribution is -2.68. The number of nitrogens with one attached hydrogen (secondary N) is 1. The Kier molecular flexibility index (Phi) is 5.49. The van der Waals surface area contributed by atoms with Gasteiger partial charge >= 0.3 is 0 Å². The Hall–Kier alpha value is -2.00. The molecule has 2 bridgehead atoms. The molecule has 0 aliphatic carbocycles. The van der Waals surface area contributed by atoms with E-state index in [-0.39, 0.29) is 29.8 Å². The number of fused-ring (bicyclic) bond motifs is 4. The number of aromatic nitrogens is 3. The SMILES string of the molecule is CCc1n[nH]c(CN2C[C@H]3C[C@@H](C2)[C@H](C(=O)N2CCOCC2)N2C(=O)CCC[C@@H]32)n1. The van der Waals surface area contributed by atoms with E-state index in [1.165, 1.54) is 0 Å². The zero-order valence-corrected chi connectivity index (χ0v) is 17.8. The van der Waals surface area contributed by atoms with Gasteiger partial charge in [0.05, 0.1) is 19.8 Å². The molecule has 1 aromatic heterocycles. The lowest BCUT2D eigenvalue weighted by Gasteiger charge is -2.56. The molecule has 0 spiro atoms. The van der Waals surface area contributed by atoms with Crippen molar-refractivity contribution >= 4 is 11.8 Å². The molecule has 4 aliphatic heterocycles. The summed E-state index contributed by atoms with van der Waals surface area (Å²) in [7, 11) is 0. The van der Waals surface area contributed by atoms with Crippen LogP contribution in [0.2, 0.25) is 0 Å². The number of morpholine rings is 1. The topological polar surface area (TPSA) is 94.7 Å². The molecule has 9 nitrogen and oxygen atoms in total. The number of ether oxygens (including phenoxy) is 1. The average Bonchev–Trinajstić information content (AvgIpc) is 3.22. The van der Waals surface area contributed by atoms with Gasteiger partial charge in [-0.1, -0.05) is 6.92 Å². The standard InChI is InChI=1S/C21H32N6O3/c1-2-17-22-18(24-23-17)13-25-11-14-10-15(12-25)20(21(29)26-6-8-30-9-7-26)27-16(14)4-3-5-19(27)28/h14-16,20H,2-13H2,1H3,(H,22,23,24)/t14-,15+,16+,20-/m1/s1. The highest BCUT2D eigenvalue weighted by atomic mass is 16.5. The molecule has 2 amide bonds. The first kappa shape index (κ1) is 19.9.